The Hall–Kier alpha value is -0.250. The fraction of sp³-hybridized carbons (Fsp3) is 1.00. The van der Waals surface area contributed by atoms with Crippen molar-refractivity contribution in [1.82, 2.24) is 4.90 Å². The highest BCUT2D eigenvalue weighted by molar-refractivity contribution is 4.80. The molecule has 0 aromatic carbocycles. The molecule has 72 valence electrons. The van der Waals surface area contributed by atoms with E-state index in [1.54, 1.807) is 6.92 Å². The molecule has 0 spiro atoms. The Balaban J connectivity index is 2.57. The van der Waals surface area contributed by atoms with Gasteiger partial charge in [-0.05, 0) is 25.9 Å². The smallest absolute Gasteiger partial charge is 0.306 e. The second-order valence-electron chi connectivity index (χ2n) is 3.68. The van der Waals surface area contributed by atoms with Crippen LogP contribution >= 0.6 is 0 Å². The summed E-state index contributed by atoms with van der Waals surface area (Å²) in [7, 11) is 1.86. The van der Waals surface area contributed by atoms with Gasteiger partial charge in [0.25, 0.3) is 0 Å². The molecule has 0 radical (unpaired) electrons. The van der Waals surface area contributed by atoms with Gasteiger partial charge >= 0.3 is 6.18 Å². The third kappa shape index (κ3) is 2.12. The van der Waals surface area contributed by atoms with Crippen molar-refractivity contribution >= 4 is 0 Å². The van der Waals surface area contributed by atoms with Crippen LogP contribution < -0.4 is 0 Å². The van der Waals surface area contributed by atoms with E-state index in [0.29, 0.717) is 13.1 Å². The third-order valence-corrected chi connectivity index (χ3v) is 2.53. The van der Waals surface area contributed by atoms with Crippen LogP contribution in [-0.2, 0) is 0 Å². The molecule has 4 heteroatoms. The molecule has 0 saturated carbocycles. The van der Waals surface area contributed by atoms with E-state index in [0.717, 1.165) is 0 Å². The first kappa shape index (κ1) is 9.84. The van der Waals surface area contributed by atoms with Gasteiger partial charge in [0, 0.05) is 6.54 Å². The second kappa shape index (κ2) is 3.24. The summed E-state index contributed by atoms with van der Waals surface area (Å²) < 4.78 is 36.9. The molecule has 12 heavy (non-hydrogen) atoms. The SMILES string of the molecule is CC1CN(C)CCC1C(F)(F)F. The van der Waals surface area contributed by atoms with E-state index >= 15 is 0 Å². The first-order valence-corrected chi connectivity index (χ1v) is 4.16. The molecule has 0 aliphatic carbocycles. The molecule has 0 aromatic rings. The Bertz CT molecular complexity index is 155. The van der Waals surface area contributed by atoms with E-state index in [9.17, 15) is 13.2 Å². The van der Waals surface area contributed by atoms with Crippen molar-refractivity contribution in [3.63, 3.8) is 0 Å². The molecule has 1 rings (SSSR count). The van der Waals surface area contributed by atoms with E-state index in [4.69, 9.17) is 0 Å². The fourth-order valence-corrected chi connectivity index (χ4v) is 1.84. The average Bonchev–Trinajstić information content (AvgIpc) is 1.83. The molecule has 2 unspecified atom stereocenters. The molecule has 2 atom stereocenters. The molecule has 1 aliphatic rings. The maximum Gasteiger partial charge on any atom is 0.392 e. The van der Waals surface area contributed by atoms with Crippen molar-refractivity contribution in [2.24, 2.45) is 11.8 Å². The van der Waals surface area contributed by atoms with Gasteiger partial charge < -0.3 is 4.90 Å². The number of piperidine rings is 1. The number of halogens is 3. The molecular weight excluding hydrogens is 167 g/mol. The monoisotopic (exact) mass is 181 g/mol. The third-order valence-electron chi connectivity index (χ3n) is 2.53. The van der Waals surface area contributed by atoms with Crippen LogP contribution in [0.5, 0.6) is 0 Å². The normalized spacial score (nSPS) is 33.8. The van der Waals surface area contributed by atoms with Crippen molar-refractivity contribution in [1.29, 1.82) is 0 Å². The molecule has 0 aromatic heterocycles. The lowest BCUT2D eigenvalue weighted by Gasteiger charge is -2.35. The second-order valence-corrected chi connectivity index (χ2v) is 3.68. The highest BCUT2D eigenvalue weighted by atomic mass is 19.4. The zero-order valence-corrected chi connectivity index (χ0v) is 7.36. The van der Waals surface area contributed by atoms with Crippen molar-refractivity contribution in [2.45, 2.75) is 19.5 Å². The molecule has 1 aliphatic heterocycles. The lowest BCUT2D eigenvalue weighted by atomic mass is 9.87. The Kier molecular flexibility index (Phi) is 2.66. The predicted octanol–water partition coefficient (Wildman–Crippen LogP) is 2.14. The van der Waals surface area contributed by atoms with Crippen LogP contribution in [0.2, 0.25) is 0 Å². The van der Waals surface area contributed by atoms with Crippen LogP contribution in [0.25, 0.3) is 0 Å². The molecule has 1 fully saturated rings. The average molecular weight is 181 g/mol. The molecular formula is C8H14F3N. The Morgan fingerprint density at radius 3 is 2.33 bits per heavy atom. The first-order chi connectivity index (χ1) is 5.41. The lowest BCUT2D eigenvalue weighted by molar-refractivity contribution is -0.197. The van der Waals surface area contributed by atoms with Crippen molar-refractivity contribution in [3.05, 3.63) is 0 Å². The minimum absolute atomic E-state index is 0.251. The maximum atomic E-state index is 12.3. The van der Waals surface area contributed by atoms with Gasteiger partial charge in [-0.3, -0.25) is 0 Å². The number of nitrogens with zero attached hydrogens (tertiary/aromatic N) is 1. The molecule has 1 nitrogen and oxygen atoms in total. The van der Waals surface area contributed by atoms with E-state index in [-0.39, 0.29) is 12.3 Å². The van der Waals surface area contributed by atoms with Gasteiger partial charge in [0.1, 0.15) is 0 Å². The summed E-state index contributed by atoms with van der Waals surface area (Å²) >= 11 is 0. The molecule has 1 heterocycles. The van der Waals surface area contributed by atoms with E-state index in [2.05, 4.69) is 0 Å². The van der Waals surface area contributed by atoms with Crippen molar-refractivity contribution in [2.75, 3.05) is 20.1 Å². The number of hydrogen-bond acceptors (Lipinski definition) is 1. The van der Waals surface area contributed by atoms with Crippen molar-refractivity contribution in [3.8, 4) is 0 Å². The van der Waals surface area contributed by atoms with E-state index < -0.39 is 12.1 Å². The Labute approximate surface area is 70.5 Å². The minimum Gasteiger partial charge on any atom is -0.306 e. The molecule has 1 saturated heterocycles. The first-order valence-electron chi connectivity index (χ1n) is 4.16. The summed E-state index contributed by atoms with van der Waals surface area (Å²) in [4.78, 5) is 1.95. The van der Waals surface area contributed by atoms with E-state index in [1.807, 2.05) is 11.9 Å². The molecule has 0 amide bonds. The van der Waals surface area contributed by atoms with Crippen LogP contribution in [0.1, 0.15) is 13.3 Å². The number of rotatable bonds is 0. The molecule has 0 N–H and O–H groups in total. The van der Waals surface area contributed by atoms with Crippen LogP contribution in [0, 0.1) is 11.8 Å². The summed E-state index contributed by atoms with van der Waals surface area (Å²) in [5.74, 6) is -1.35. The van der Waals surface area contributed by atoms with Gasteiger partial charge in [0.05, 0.1) is 5.92 Å². The van der Waals surface area contributed by atoms with Gasteiger partial charge in [0.15, 0.2) is 0 Å². The Morgan fingerprint density at radius 1 is 1.33 bits per heavy atom. The standard InChI is InChI=1S/C8H14F3N/c1-6-5-12(2)4-3-7(6)8(9,10)11/h6-7H,3-5H2,1-2H3. The van der Waals surface area contributed by atoms with Crippen LogP contribution in [-0.4, -0.2) is 31.2 Å². The zero-order chi connectivity index (χ0) is 9.35. The van der Waals surface area contributed by atoms with Gasteiger partial charge in [-0.1, -0.05) is 6.92 Å². The van der Waals surface area contributed by atoms with Gasteiger partial charge in [-0.25, -0.2) is 0 Å². The number of alkyl halides is 3. The van der Waals surface area contributed by atoms with E-state index in [1.165, 1.54) is 0 Å². The zero-order valence-electron chi connectivity index (χ0n) is 7.36. The quantitative estimate of drug-likeness (QED) is 0.553. The van der Waals surface area contributed by atoms with Crippen molar-refractivity contribution < 1.29 is 13.2 Å². The summed E-state index contributed by atoms with van der Waals surface area (Å²) in [6.45, 7) is 2.80. The van der Waals surface area contributed by atoms with Gasteiger partial charge in [-0.2, -0.15) is 13.2 Å². The van der Waals surface area contributed by atoms with Gasteiger partial charge in [0.2, 0.25) is 0 Å². The fourth-order valence-electron chi connectivity index (χ4n) is 1.84. The summed E-state index contributed by atoms with van der Waals surface area (Å²) in [6, 6.07) is 0. The number of likely N-dealkylation sites (tertiary alicyclic amines) is 1. The highest BCUT2D eigenvalue weighted by Crippen LogP contribution is 2.37. The highest BCUT2D eigenvalue weighted by Gasteiger charge is 2.44. The summed E-state index contributed by atoms with van der Waals surface area (Å²) in [5, 5.41) is 0. The van der Waals surface area contributed by atoms with Gasteiger partial charge in [-0.15, -0.1) is 0 Å². The Morgan fingerprint density at radius 2 is 1.92 bits per heavy atom. The number of hydrogen-bond donors (Lipinski definition) is 0. The predicted molar refractivity (Wildman–Crippen MR) is 40.8 cm³/mol. The maximum absolute atomic E-state index is 12.3. The lowest BCUT2D eigenvalue weighted by Crippen LogP contribution is -2.42. The summed E-state index contributed by atoms with van der Waals surface area (Å²) in [5.41, 5.74) is 0. The molecule has 0 bridgehead atoms. The van der Waals surface area contributed by atoms with Crippen LogP contribution in [0.3, 0.4) is 0 Å². The minimum atomic E-state index is -4.00. The topological polar surface area (TPSA) is 3.24 Å². The summed E-state index contributed by atoms with van der Waals surface area (Å²) in [6.07, 6.45) is -3.75. The van der Waals surface area contributed by atoms with Crippen LogP contribution in [0.4, 0.5) is 13.2 Å². The largest absolute Gasteiger partial charge is 0.392 e. The van der Waals surface area contributed by atoms with Crippen LogP contribution in [0.15, 0.2) is 0 Å².